The molecule has 0 aliphatic carbocycles. The Morgan fingerprint density at radius 3 is 1.56 bits per heavy atom. The van der Waals surface area contributed by atoms with Crippen molar-refractivity contribution in [1.82, 2.24) is 5.43 Å². The molecular weight excluding hydrogens is 530 g/mol. The van der Waals surface area contributed by atoms with Gasteiger partial charge in [-0.25, -0.2) is 5.43 Å². The highest BCUT2D eigenvalue weighted by Gasteiger charge is 2.91. The van der Waals surface area contributed by atoms with Crippen LogP contribution in [0.2, 0.25) is 10.0 Å². The van der Waals surface area contributed by atoms with Gasteiger partial charge in [0.15, 0.2) is 0 Å². The van der Waals surface area contributed by atoms with Crippen LogP contribution in [-0.4, -0.2) is 47.9 Å². The number of nitrogens with one attached hydrogen (secondary N) is 1. The molecule has 0 saturated heterocycles. The minimum Gasteiger partial charge on any atom is -0.266 e. The SMILES string of the molecule is O=C(NN=Cc1c(Cl)cccc1Cl)C(F)(F)C(F)(F)C(F)(F)C(F)(F)C(F)(F)C(F)(F)F. The molecule has 1 N–H and O–H groups in total. The predicted octanol–water partition coefficient (Wildman–Crippen LogP) is 6.18. The molecule has 0 aliphatic heterocycles. The smallest absolute Gasteiger partial charge is 0.266 e. The lowest BCUT2D eigenvalue weighted by Crippen LogP contribution is -2.71. The minimum absolute atomic E-state index is 0.256. The number of nitrogens with zero attached hydrogens (tertiary/aromatic N) is 1. The Morgan fingerprint density at radius 2 is 1.16 bits per heavy atom. The molecule has 18 heteroatoms. The number of benzene rings is 1. The molecule has 0 heterocycles. The van der Waals surface area contributed by atoms with Gasteiger partial charge in [0.05, 0.1) is 16.3 Å². The quantitative estimate of drug-likeness (QED) is 0.253. The number of carbonyl (C=O) groups excluding carboxylic acids is 1. The third-order valence-corrected chi connectivity index (χ3v) is 4.24. The summed E-state index contributed by atoms with van der Waals surface area (Å²) >= 11 is 11.2. The van der Waals surface area contributed by atoms with Gasteiger partial charge in [0.2, 0.25) is 0 Å². The average molecular weight is 535 g/mol. The highest BCUT2D eigenvalue weighted by Crippen LogP contribution is 2.60. The topological polar surface area (TPSA) is 41.5 Å². The van der Waals surface area contributed by atoms with Crippen LogP contribution in [0.1, 0.15) is 5.56 Å². The van der Waals surface area contributed by atoms with E-state index in [0.717, 1.165) is 12.1 Å². The maximum Gasteiger partial charge on any atom is 0.460 e. The fraction of sp³-hybridized carbons (Fsp3) is 0.429. The number of alkyl halides is 13. The van der Waals surface area contributed by atoms with E-state index < -0.39 is 41.7 Å². The highest BCUT2D eigenvalue weighted by atomic mass is 35.5. The van der Waals surface area contributed by atoms with Gasteiger partial charge in [-0.05, 0) is 12.1 Å². The second kappa shape index (κ2) is 8.43. The van der Waals surface area contributed by atoms with Crippen molar-refractivity contribution in [2.45, 2.75) is 35.8 Å². The van der Waals surface area contributed by atoms with E-state index >= 15 is 0 Å². The zero-order valence-electron chi connectivity index (χ0n) is 14.3. The lowest BCUT2D eigenvalue weighted by Gasteiger charge is -2.38. The summed E-state index contributed by atoms with van der Waals surface area (Å²) in [6, 6.07) is 3.51. The summed E-state index contributed by atoms with van der Waals surface area (Å²) in [5.41, 5.74) is 0.180. The van der Waals surface area contributed by atoms with E-state index in [2.05, 4.69) is 5.10 Å². The van der Waals surface area contributed by atoms with Crippen molar-refractivity contribution >= 4 is 35.3 Å². The van der Waals surface area contributed by atoms with Crippen LogP contribution in [0.3, 0.4) is 0 Å². The third kappa shape index (κ3) is 4.30. The van der Waals surface area contributed by atoms with Crippen LogP contribution in [0, 0.1) is 0 Å². The first-order chi connectivity index (χ1) is 14.1. The molecule has 0 aliphatic rings. The van der Waals surface area contributed by atoms with E-state index in [1.807, 2.05) is 0 Å². The normalized spacial score (nSPS) is 14.7. The van der Waals surface area contributed by atoms with Gasteiger partial charge in [-0.1, -0.05) is 29.3 Å². The molecule has 1 aromatic rings. The summed E-state index contributed by atoms with van der Waals surface area (Å²) < 4.78 is 168. The molecule has 0 atom stereocenters. The molecule has 0 saturated carbocycles. The van der Waals surface area contributed by atoms with E-state index in [0.29, 0.717) is 11.6 Å². The molecule has 0 bridgehead atoms. The molecule has 3 nitrogen and oxygen atoms in total. The van der Waals surface area contributed by atoms with Gasteiger partial charge in [0, 0.05) is 5.56 Å². The number of hydrogen-bond donors (Lipinski definition) is 1. The second-order valence-corrected chi connectivity index (χ2v) is 6.52. The van der Waals surface area contributed by atoms with E-state index in [4.69, 9.17) is 23.2 Å². The molecule has 32 heavy (non-hydrogen) atoms. The van der Waals surface area contributed by atoms with Crippen LogP contribution in [0.25, 0.3) is 0 Å². The molecule has 0 radical (unpaired) electrons. The number of hydrazone groups is 1. The van der Waals surface area contributed by atoms with Gasteiger partial charge in [-0.3, -0.25) is 4.79 Å². The van der Waals surface area contributed by atoms with Crippen molar-refractivity contribution in [3.05, 3.63) is 33.8 Å². The molecule has 1 rings (SSSR count). The fourth-order valence-electron chi connectivity index (χ4n) is 1.77. The van der Waals surface area contributed by atoms with E-state index in [1.165, 1.54) is 6.07 Å². The fourth-order valence-corrected chi connectivity index (χ4v) is 2.27. The summed E-state index contributed by atoms with van der Waals surface area (Å²) in [5.74, 6) is -42.4. The summed E-state index contributed by atoms with van der Waals surface area (Å²) in [5, 5.41) is 2.10. The Bertz CT molecular complexity index is 879. The van der Waals surface area contributed by atoms with Crippen molar-refractivity contribution in [2.24, 2.45) is 5.10 Å². The summed E-state index contributed by atoms with van der Waals surface area (Å²) in [6.45, 7) is 0. The average Bonchev–Trinajstić information content (AvgIpc) is 2.62. The maximum absolute atomic E-state index is 13.6. The lowest BCUT2D eigenvalue weighted by molar-refractivity contribution is -0.436. The van der Waals surface area contributed by atoms with Gasteiger partial charge >= 0.3 is 41.7 Å². The summed E-state index contributed by atoms with van der Waals surface area (Å²) in [6.07, 6.45) is -7.23. The van der Waals surface area contributed by atoms with Gasteiger partial charge in [0.25, 0.3) is 0 Å². The molecule has 0 aromatic heterocycles. The number of rotatable bonds is 7. The predicted molar refractivity (Wildman–Crippen MR) is 83.0 cm³/mol. The van der Waals surface area contributed by atoms with Crippen LogP contribution < -0.4 is 5.43 Å². The zero-order valence-corrected chi connectivity index (χ0v) is 15.8. The van der Waals surface area contributed by atoms with Gasteiger partial charge in [0.1, 0.15) is 0 Å². The second-order valence-electron chi connectivity index (χ2n) is 5.70. The number of halogens is 15. The molecule has 182 valence electrons. The lowest BCUT2D eigenvalue weighted by atomic mass is 9.93. The van der Waals surface area contributed by atoms with Crippen molar-refractivity contribution < 1.29 is 61.9 Å². The van der Waals surface area contributed by atoms with Gasteiger partial charge in [-0.2, -0.15) is 62.2 Å². The molecular formula is C14H5Cl2F13N2O. The Labute approximate surface area is 178 Å². The Morgan fingerprint density at radius 1 is 0.750 bits per heavy atom. The first-order valence-corrected chi connectivity index (χ1v) is 8.06. The highest BCUT2D eigenvalue weighted by molar-refractivity contribution is 6.38. The number of amides is 1. The van der Waals surface area contributed by atoms with Crippen LogP contribution in [0.4, 0.5) is 57.1 Å². The standard InChI is InChI=1S/C14H5Cl2F13N2O/c15-6-2-1-3-7(16)5(6)4-30-31-8(32)9(17,18)10(19,20)11(21,22)12(23,24)13(25,26)14(27,28)29/h1-4H,(H,31,32). The van der Waals surface area contributed by atoms with Crippen molar-refractivity contribution in [3.8, 4) is 0 Å². The van der Waals surface area contributed by atoms with Crippen molar-refractivity contribution in [2.75, 3.05) is 0 Å². The van der Waals surface area contributed by atoms with Gasteiger partial charge < -0.3 is 0 Å². The largest absolute Gasteiger partial charge is 0.460 e. The first-order valence-electron chi connectivity index (χ1n) is 7.30. The van der Waals surface area contributed by atoms with E-state index in [-0.39, 0.29) is 15.6 Å². The molecule has 0 spiro atoms. The van der Waals surface area contributed by atoms with E-state index in [1.54, 1.807) is 0 Å². The van der Waals surface area contributed by atoms with Crippen LogP contribution in [0.15, 0.2) is 23.3 Å². The Hall–Kier alpha value is -1.97. The van der Waals surface area contributed by atoms with Crippen LogP contribution >= 0.6 is 23.2 Å². The van der Waals surface area contributed by atoms with Crippen molar-refractivity contribution in [3.63, 3.8) is 0 Å². The summed E-state index contributed by atoms with van der Waals surface area (Å²) in [7, 11) is 0. The summed E-state index contributed by atoms with van der Waals surface area (Å²) in [4.78, 5) is 11.2. The Balaban J connectivity index is 3.30. The molecule has 0 unspecified atom stereocenters. The zero-order chi connectivity index (χ0) is 25.6. The monoisotopic (exact) mass is 534 g/mol. The minimum atomic E-state index is -8.11. The third-order valence-electron chi connectivity index (χ3n) is 3.58. The molecule has 1 amide bonds. The maximum atomic E-state index is 13.6. The van der Waals surface area contributed by atoms with E-state index in [9.17, 15) is 61.9 Å². The molecule has 1 aromatic carbocycles. The van der Waals surface area contributed by atoms with Gasteiger partial charge in [-0.15, -0.1) is 0 Å². The van der Waals surface area contributed by atoms with Crippen LogP contribution in [0.5, 0.6) is 0 Å². The van der Waals surface area contributed by atoms with Crippen molar-refractivity contribution in [1.29, 1.82) is 0 Å². The first kappa shape index (κ1) is 28.1. The number of carbonyl (C=O) groups is 1. The Kier molecular flexibility index (Phi) is 7.39. The molecule has 0 fully saturated rings. The van der Waals surface area contributed by atoms with Crippen LogP contribution in [-0.2, 0) is 4.79 Å². The number of hydrogen-bond acceptors (Lipinski definition) is 2.